The number of carbonyl (C=O) groups excluding carboxylic acids is 2. The summed E-state index contributed by atoms with van der Waals surface area (Å²) in [6.07, 6.45) is 3.66. The van der Waals surface area contributed by atoms with Crippen LogP contribution in [0.25, 0.3) is 0 Å². The van der Waals surface area contributed by atoms with Gasteiger partial charge in [0.25, 0.3) is 0 Å². The molecule has 25 heavy (non-hydrogen) atoms. The van der Waals surface area contributed by atoms with Crippen LogP contribution in [-0.4, -0.2) is 52.8 Å². The van der Waals surface area contributed by atoms with Gasteiger partial charge in [-0.2, -0.15) is 11.8 Å². The van der Waals surface area contributed by atoms with E-state index in [0.29, 0.717) is 18.7 Å². The summed E-state index contributed by atoms with van der Waals surface area (Å²) >= 11 is 1.73. The number of piperidine rings is 1. The Bertz CT molecular complexity index is 597. The van der Waals surface area contributed by atoms with Gasteiger partial charge in [-0.3, -0.25) is 9.59 Å². The minimum absolute atomic E-state index is 0.0825. The zero-order valence-corrected chi connectivity index (χ0v) is 15.9. The van der Waals surface area contributed by atoms with Gasteiger partial charge in [0.05, 0.1) is 5.75 Å². The Balaban J connectivity index is 1.51. The van der Waals surface area contributed by atoms with Crippen molar-refractivity contribution >= 4 is 23.6 Å². The van der Waals surface area contributed by atoms with E-state index in [-0.39, 0.29) is 17.2 Å². The molecular weight excluding hydrogens is 332 g/mol. The molecule has 0 N–H and O–H groups in total. The lowest BCUT2D eigenvalue weighted by molar-refractivity contribution is -0.130. The third-order valence-electron chi connectivity index (χ3n) is 5.37. The molecular formula is C20H28N2O2S. The Labute approximate surface area is 154 Å². The fourth-order valence-electron chi connectivity index (χ4n) is 3.89. The number of hydrogen-bond donors (Lipinski definition) is 0. The third-order valence-corrected chi connectivity index (χ3v) is 6.52. The van der Waals surface area contributed by atoms with E-state index < -0.39 is 0 Å². The average Bonchev–Trinajstić information content (AvgIpc) is 2.91. The Morgan fingerprint density at radius 3 is 2.60 bits per heavy atom. The Morgan fingerprint density at radius 2 is 1.92 bits per heavy atom. The molecule has 1 spiro atoms. The minimum atomic E-state index is 0.0825. The van der Waals surface area contributed by atoms with Gasteiger partial charge in [0.1, 0.15) is 0 Å². The first-order valence-electron chi connectivity index (χ1n) is 9.29. The molecule has 2 aliphatic rings. The Hall–Kier alpha value is -1.49. The molecule has 2 heterocycles. The van der Waals surface area contributed by atoms with Crippen molar-refractivity contribution in [2.75, 3.05) is 31.1 Å². The molecule has 2 saturated heterocycles. The van der Waals surface area contributed by atoms with Crippen LogP contribution in [-0.2, 0) is 16.1 Å². The molecule has 2 fully saturated rings. The molecule has 2 aliphatic heterocycles. The molecule has 4 nitrogen and oxygen atoms in total. The maximum Gasteiger partial charge on any atom is 0.232 e. The summed E-state index contributed by atoms with van der Waals surface area (Å²) in [7, 11) is 0. The number of rotatable bonds is 6. The standard InChI is InChI=1S/C20H28N2O2S/c1-2-12-25-15-19(24)21-10-8-20(9-11-21)13-18(23)22(16-20)14-17-6-4-3-5-7-17/h3-7H,2,8-16H2,1H3. The smallest absolute Gasteiger partial charge is 0.232 e. The average molecular weight is 361 g/mol. The highest BCUT2D eigenvalue weighted by molar-refractivity contribution is 7.99. The number of likely N-dealkylation sites (tertiary alicyclic amines) is 2. The molecule has 3 rings (SSSR count). The Morgan fingerprint density at radius 1 is 1.20 bits per heavy atom. The minimum Gasteiger partial charge on any atom is -0.342 e. The van der Waals surface area contributed by atoms with E-state index in [0.717, 1.165) is 44.6 Å². The van der Waals surface area contributed by atoms with Crippen LogP contribution in [0.1, 0.15) is 38.2 Å². The van der Waals surface area contributed by atoms with Gasteiger partial charge in [-0.25, -0.2) is 0 Å². The van der Waals surface area contributed by atoms with E-state index in [2.05, 4.69) is 19.1 Å². The molecule has 0 aromatic heterocycles. The summed E-state index contributed by atoms with van der Waals surface area (Å²) in [5.41, 5.74) is 1.27. The molecule has 0 aliphatic carbocycles. The van der Waals surface area contributed by atoms with Crippen LogP contribution < -0.4 is 0 Å². The van der Waals surface area contributed by atoms with Crippen molar-refractivity contribution in [3.8, 4) is 0 Å². The Kier molecular flexibility index (Phi) is 6.05. The SMILES string of the molecule is CCCSCC(=O)N1CCC2(CC1)CC(=O)N(Cc1ccccc1)C2. The van der Waals surface area contributed by atoms with E-state index in [9.17, 15) is 9.59 Å². The maximum atomic E-state index is 12.5. The second-order valence-electron chi connectivity index (χ2n) is 7.35. The molecule has 0 saturated carbocycles. The van der Waals surface area contributed by atoms with Gasteiger partial charge >= 0.3 is 0 Å². The molecule has 136 valence electrons. The van der Waals surface area contributed by atoms with Crippen LogP contribution in [0.5, 0.6) is 0 Å². The predicted molar refractivity (Wildman–Crippen MR) is 102 cm³/mol. The molecule has 0 bridgehead atoms. The molecule has 0 atom stereocenters. The van der Waals surface area contributed by atoms with E-state index >= 15 is 0 Å². The van der Waals surface area contributed by atoms with Crippen LogP contribution in [0.4, 0.5) is 0 Å². The van der Waals surface area contributed by atoms with E-state index in [1.165, 1.54) is 5.56 Å². The summed E-state index contributed by atoms with van der Waals surface area (Å²) in [4.78, 5) is 28.8. The van der Waals surface area contributed by atoms with Crippen LogP contribution in [0.15, 0.2) is 30.3 Å². The largest absolute Gasteiger partial charge is 0.342 e. The molecule has 1 aromatic carbocycles. The van der Waals surface area contributed by atoms with Gasteiger partial charge in [-0.15, -0.1) is 0 Å². The quantitative estimate of drug-likeness (QED) is 0.732. The van der Waals surface area contributed by atoms with Gasteiger partial charge in [0, 0.05) is 38.0 Å². The highest BCUT2D eigenvalue weighted by atomic mass is 32.2. The zero-order chi connectivity index (χ0) is 17.7. The highest BCUT2D eigenvalue weighted by Crippen LogP contribution is 2.41. The summed E-state index contributed by atoms with van der Waals surface area (Å²) in [5, 5.41) is 0. The van der Waals surface area contributed by atoms with Gasteiger partial charge in [-0.05, 0) is 30.6 Å². The summed E-state index contributed by atoms with van der Waals surface area (Å²) in [6.45, 7) is 5.29. The highest BCUT2D eigenvalue weighted by Gasteiger charge is 2.45. The lowest BCUT2D eigenvalue weighted by atomic mass is 9.77. The van der Waals surface area contributed by atoms with Crippen molar-refractivity contribution in [3.05, 3.63) is 35.9 Å². The second-order valence-corrected chi connectivity index (χ2v) is 8.45. The fourth-order valence-corrected chi connectivity index (χ4v) is 4.68. The molecule has 2 amide bonds. The first kappa shape index (κ1) is 18.3. The molecule has 0 unspecified atom stereocenters. The lowest BCUT2D eigenvalue weighted by Crippen LogP contribution is -2.44. The number of amides is 2. The van der Waals surface area contributed by atoms with E-state index in [1.807, 2.05) is 28.0 Å². The van der Waals surface area contributed by atoms with Crippen molar-refractivity contribution < 1.29 is 9.59 Å². The van der Waals surface area contributed by atoms with Gasteiger partial charge in [0.15, 0.2) is 0 Å². The lowest BCUT2D eigenvalue weighted by Gasteiger charge is -2.38. The number of benzene rings is 1. The van der Waals surface area contributed by atoms with Gasteiger partial charge in [0.2, 0.25) is 11.8 Å². The molecule has 1 aromatic rings. The number of carbonyl (C=O) groups is 2. The van der Waals surface area contributed by atoms with Crippen molar-refractivity contribution in [2.24, 2.45) is 5.41 Å². The first-order chi connectivity index (χ1) is 12.1. The monoisotopic (exact) mass is 360 g/mol. The van der Waals surface area contributed by atoms with Gasteiger partial charge in [-0.1, -0.05) is 37.3 Å². The van der Waals surface area contributed by atoms with Crippen molar-refractivity contribution in [2.45, 2.75) is 39.2 Å². The van der Waals surface area contributed by atoms with Crippen LogP contribution in [0, 0.1) is 5.41 Å². The van der Waals surface area contributed by atoms with Crippen molar-refractivity contribution in [1.29, 1.82) is 0 Å². The summed E-state index contributed by atoms with van der Waals surface area (Å²) in [5.74, 6) is 2.17. The maximum absolute atomic E-state index is 12.5. The number of nitrogens with zero attached hydrogens (tertiary/aromatic N) is 2. The van der Waals surface area contributed by atoms with E-state index in [4.69, 9.17) is 0 Å². The van der Waals surface area contributed by atoms with Gasteiger partial charge < -0.3 is 9.80 Å². The predicted octanol–water partition coefficient (Wildman–Crippen LogP) is 3.17. The van der Waals surface area contributed by atoms with Crippen LogP contribution in [0.3, 0.4) is 0 Å². The first-order valence-corrected chi connectivity index (χ1v) is 10.4. The second kappa shape index (κ2) is 8.26. The fraction of sp³-hybridized carbons (Fsp3) is 0.600. The topological polar surface area (TPSA) is 40.6 Å². The normalized spacial score (nSPS) is 19.6. The van der Waals surface area contributed by atoms with Crippen molar-refractivity contribution in [1.82, 2.24) is 9.80 Å². The number of thioether (sulfide) groups is 1. The van der Waals surface area contributed by atoms with Crippen LogP contribution >= 0.6 is 11.8 Å². The molecule has 0 radical (unpaired) electrons. The number of hydrogen-bond acceptors (Lipinski definition) is 3. The summed E-state index contributed by atoms with van der Waals surface area (Å²) in [6, 6.07) is 10.2. The molecule has 5 heteroatoms. The zero-order valence-electron chi connectivity index (χ0n) is 15.1. The third kappa shape index (κ3) is 4.57. The van der Waals surface area contributed by atoms with Crippen LogP contribution in [0.2, 0.25) is 0 Å². The summed E-state index contributed by atoms with van der Waals surface area (Å²) < 4.78 is 0. The van der Waals surface area contributed by atoms with Crippen molar-refractivity contribution in [3.63, 3.8) is 0 Å². The van der Waals surface area contributed by atoms with E-state index in [1.54, 1.807) is 11.8 Å².